The van der Waals surface area contributed by atoms with E-state index in [1.54, 1.807) is 0 Å². The van der Waals surface area contributed by atoms with Crippen molar-refractivity contribution in [2.75, 3.05) is 18.4 Å². The van der Waals surface area contributed by atoms with Gasteiger partial charge in [-0.25, -0.2) is 4.98 Å². The van der Waals surface area contributed by atoms with E-state index in [4.69, 9.17) is 0 Å². The van der Waals surface area contributed by atoms with E-state index in [-0.39, 0.29) is 30.9 Å². The molecule has 1 aliphatic heterocycles. The van der Waals surface area contributed by atoms with Crippen LogP contribution in [0.3, 0.4) is 0 Å². The summed E-state index contributed by atoms with van der Waals surface area (Å²) in [5.74, 6) is 0.488. The average Bonchev–Trinajstić information content (AvgIpc) is 2.70. The van der Waals surface area contributed by atoms with Crippen molar-refractivity contribution >= 4 is 30.6 Å². The van der Waals surface area contributed by atoms with Crippen molar-refractivity contribution in [2.45, 2.75) is 18.6 Å². The molecule has 0 aromatic carbocycles. The standard InChI is InChI=1S/C10H12F3N3.2ClH/c11-10(12,13)7-1-2-9(15-5-7)16-8-3-4-14-6-8;;/h1-2,5,8,14H,3-4,6H2,(H,15,16);2*1H. The minimum Gasteiger partial charge on any atom is -0.366 e. The van der Waals surface area contributed by atoms with Crippen LogP contribution in [0.1, 0.15) is 12.0 Å². The quantitative estimate of drug-likeness (QED) is 0.882. The van der Waals surface area contributed by atoms with Gasteiger partial charge in [0.2, 0.25) is 0 Å². The number of rotatable bonds is 2. The molecule has 3 nitrogen and oxygen atoms in total. The van der Waals surface area contributed by atoms with Crippen molar-refractivity contribution in [1.82, 2.24) is 10.3 Å². The maximum Gasteiger partial charge on any atom is 0.417 e. The van der Waals surface area contributed by atoms with E-state index >= 15 is 0 Å². The largest absolute Gasteiger partial charge is 0.417 e. The highest BCUT2D eigenvalue weighted by atomic mass is 35.5. The van der Waals surface area contributed by atoms with Crippen LogP contribution in [0.2, 0.25) is 0 Å². The molecule has 0 saturated carbocycles. The van der Waals surface area contributed by atoms with E-state index in [1.165, 1.54) is 6.07 Å². The molecule has 0 bridgehead atoms. The first-order valence-electron chi connectivity index (χ1n) is 5.06. The lowest BCUT2D eigenvalue weighted by Crippen LogP contribution is -2.22. The molecule has 2 rings (SSSR count). The highest BCUT2D eigenvalue weighted by Gasteiger charge is 2.30. The molecular formula is C10H14Cl2F3N3. The Morgan fingerprint density at radius 2 is 2.00 bits per heavy atom. The van der Waals surface area contributed by atoms with Gasteiger partial charge in [-0.1, -0.05) is 0 Å². The van der Waals surface area contributed by atoms with E-state index in [9.17, 15) is 13.2 Å². The maximum atomic E-state index is 12.3. The molecule has 1 saturated heterocycles. The Morgan fingerprint density at radius 1 is 1.28 bits per heavy atom. The number of alkyl halides is 3. The van der Waals surface area contributed by atoms with Gasteiger partial charge < -0.3 is 10.6 Å². The highest BCUT2D eigenvalue weighted by Crippen LogP contribution is 2.28. The number of hydrogen-bond donors (Lipinski definition) is 2. The Bertz CT molecular complexity index is 350. The monoisotopic (exact) mass is 303 g/mol. The third kappa shape index (κ3) is 4.51. The van der Waals surface area contributed by atoms with Crippen LogP contribution in [0.4, 0.5) is 19.0 Å². The molecule has 1 aromatic rings. The third-order valence-corrected chi connectivity index (χ3v) is 2.50. The van der Waals surface area contributed by atoms with Gasteiger partial charge in [0.25, 0.3) is 0 Å². The second-order valence-electron chi connectivity index (χ2n) is 3.76. The molecule has 0 radical (unpaired) electrons. The average molecular weight is 304 g/mol. The summed E-state index contributed by atoms with van der Waals surface area (Å²) >= 11 is 0. The van der Waals surface area contributed by atoms with Crippen molar-refractivity contribution < 1.29 is 13.2 Å². The minimum absolute atomic E-state index is 0. The Hall–Kier alpha value is -0.720. The highest BCUT2D eigenvalue weighted by molar-refractivity contribution is 5.85. The molecule has 1 atom stereocenters. The predicted octanol–water partition coefficient (Wildman–Crippen LogP) is 2.72. The number of nitrogens with zero attached hydrogens (tertiary/aromatic N) is 1. The van der Waals surface area contributed by atoms with Crippen LogP contribution in [-0.2, 0) is 6.18 Å². The zero-order chi connectivity index (χ0) is 11.6. The first-order chi connectivity index (χ1) is 7.55. The van der Waals surface area contributed by atoms with Gasteiger partial charge in [-0.3, -0.25) is 0 Å². The summed E-state index contributed by atoms with van der Waals surface area (Å²) in [4.78, 5) is 3.75. The summed E-state index contributed by atoms with van der Waals surface area (Å²) in [7, 11) is 0. The van der Waals surface area contributed by atoms with Crippen LogP contribution >= 0.6 is 24.8 Å². The van der Waals surface area contributed by atoms with Crippen LogP contribution < -0.4 is 10.6 Å². The molecule has 18 heavy (non-hydrogen) atoms. The molecule has 1 aliphatic rings. The Balaban J connectivity index is 0.00000144. The summed E-state index contributed by atoms with van der Waals surface area (Å²) < 4.78 is 36.8. The van der Waals surface area contributed by atoms with Gasteiger partial charge in [0, 0.05) is 18.8 Å². The van der Waals surface area contributed by atoms with Crippen LogP contribution in [0.25, 0.3) is 0 Å². The van der Waals surface area contributed by atoms with Crippen molar-refractivity contribution in [1.29, 1.82) is 0 Å². The molecule has 0 spiro atoms. The maximum absolute atomic E-state index is 12.3. The summed E-state index contributed by atoms with van der Waals surface area (Å²) in [6, 6.07) is 2.66. The topological polar surface area (TPSA) is 37.0 Å². The molecule has 0 aliphatic carbocycles. The number of halogens is 5. The van der Waals surface area contributed by atoms with Crippen molar-refractivity contribution in [3.63, 3.8) is 0 Å². The van der Waals surface area contributed by atoms with E-state index < -0.39 is 11.7 Å². The fourth-order valence-corrected chi connectivity index (χ4v) is 1.63. The smallest absolute Gasteiger partial charge is 0.366 e. The fraction of sp³-hybridized carbons (Fsp3) is 0.500. The van der Waals surface area contributed by atoms with E-state index in [2.05, 4.69) is 15.6 Å². The minimum atomic E-state index is -4.32. The number of pyridine rings is 1. The van der Waals surface area contributed by atoms with Crippen LogP contribution in [0.15, 0.2) is 18.3 Å². The van der Waals surface area contributed by atoms with E-state index in [1.807, 2.05) is 0 Å². The lowest BCUT2D eigenvalue weighted by atomic mass is 10.2. The van der Waals surface area contributed by atoms with Crippen molar-refractivity contribution in [2.24, 2.45) is 0 Å². The number of anilines is 1. The zero-order valence-electron chi connectivity index (χ0n) is 9.33. The van der Waals surface area contributed by atoms with Gasteiger partial charge in [0.05, 0.1) is 5.56 Å². The normalized spacial score (nSPS) is 18.7. The van der Waals surface area contributed by atoms with Gasteiger partial charge in [-0.2, -0.15) is 13.2 Å². The lowest BCUT2D eigenvalue weighted by molar-refractivity contribution is -0.137. The Labute approximate surface area is 115 Å². The second kappa shape index (κ2) is 7.01. The molecule has 8 heteroatoms. The summed E-state index contributed by atoms with van der Waals surface area (Å²) in [5.41, 5.74) is -0.720. The zero-order valence-corrected chi connectivity index (χ0v) is 11.0. The van der Waals surface area contributed by atoms with Gasteiger partial charge in [-0.15, -0.1) is 24.8 Å². The first-order valence-corrected chi connectivity index (χ1v) is 5.06. The summed E-state index contributed by atoms with van der Waals surface area (Å²) in [5, 5.41) is 6.24. The molecule has 1 unspecified atom stereocenters. The van der Waals surface area contributed by atoms with Crippen LogP contribution in [-0.4, -0.2) is 24.1 Å². The molecule has 1 aromatic heterocycles. The summed E-state index contributed by atoms with van der Waals surface area (Å²) in [6.45, 7) is 1.75. The molecule has 0 amide bonds. The van der Waals surface area contributed by atoms with Crippen LogP contribution in [0, 0.1) is 0 Å². The van der Waals surface area contributed by atoms with E-state index in [0.717, 1.165) is 31.8 Å². The van der Waals surface area contributed by atoms with E-state index in [0.29, 0.717) is 5.82 Å². The van der Waals surface area contributed by atoms with Crippen LogP contribution in [0.5, 0.6) is 0 Å². The van der Waals surface area contributed by atoms with Gasteiger partial charge in [0.15, 0.2) is 0 Å². The third-order valence-electron chi connectivity index (χ3n) is 2.50. The molecule has 104 valence electrons. The molecule has 2 heterocycles. The van der Waals surface area contributed by atoms with Gasteiger partial charge in [-0.05, 0) is 25.1 Å². The van der Waals surface area contributed by atoms with Gasteiger partial charge >= 0.3 is 6.18 Å². The number of hydrogen-bond acceptors (Lipinski definition) is 3. The number of aromatic nitrogens is 1. The lowest BCUT2D eigenvalue weighted by Gasteiger charge is -2.12. The molecule has 1 fully saturated rings. The first kappa shape index (κ1) is 17.3. The fourth-order valence-electron chi connectivity index (χ4n) is 1.63. The van der Waals surface area contributed by atoms with Crippen molar-refractivity contribution in [3.8, 4) is 0 Å². The Kier molecular flexibility index (Phi) is 6.73. The number of nitrogens with one attached hydrogen (secondary N) is 2. The Morgan fingerprint density at radius 3 is 2.44 bits per heavy atom. The van der Waals surface area contributed by atoms with Crippen molar-refractivity contribution in [3.05, 3.63) is 23.9 Å². The predicted molar refractivity (Wildman–Crippen MR) is 68.6 cm³/mol. The van der Waals surface area contributed by atoms with Gasteiger partial charge in [0.1, 0.15) is 5.82 Å². The second-order valence-corrected chi connectivity index (χ2v) is 3.76. The SMILES string of the molecule is Cl.Cl.FC(F)(F)c1ccc(NC2CCNC2)nc1. The molecule has 2 N–H and O–H groups in total. The molecular weight excluding hydrogens is 290 g/mol. The summed E-state index contributed by atoms with van der Waals surface area (Å²) in [6.07, 6.45) is -2.51.